The van der Waals surface area contributed by atoms with Gasteiger partial charge in [-0.05, 0) is 38.2 Å². The van der Waals surface area contributed by atoms with Crippen molar-refractivity contribution in [2.45, 2.75) is 51.1 Å². The van der Waals surface area contributed by atoms with Gasteiger partial charge in [0.15, 0.2) is 5.82 Å². The molecule has 0 spiro atoms. The summed E-state index contributed by atoms with van der Waals surface area (Å²) in [7, 11) is 1.38. The van der Waals surface area contributed by atoms with E-state index in [1.54, 1.807) is 6.07 Å². The number of aromatic nitrogens is 3. The maximum atomic E-state index is 11.8. The number of thiophene rings is 1. The number of hydrogen-bond donors (Lipinski definition) is 2. The number of carbonyl (C=O) groups is 1. The van der Waals surface area contributed by atoms with E-state index in [2.05, 4.69) is 20.3 Å². The number of nitrogens with zero attached hydrogens (tertiary/aromatic N) is 3. The third-order valence-electron chi connectivity index (χ3n) is 4.43. The van der Waals surface area contributed by atoms with Crippen LogP contribution in [0.5, 0.6) is 0 Å². The maximum absolute atomic E-state index is 11.8. The largest absolute Gasteiger partial charge is 0.465 e. The van der Waals surface area contributed by atoms with E-state index < -0.39 is 0 Å². The first-order valence-electron chi connectivity index (χ1n) is 8.53. The molecule has 0 bridgehead atoms. The Morgan fingerprint density at radius 2 is 2.12 bits per heavy atom. The minimum Gasteiger partial charge on any atom is -0.465 e. The monoisotopic (exact) mass is 361 g/mol. The molecule has 2 aromatic heterocycles. The number of carbonyl (C=O) groups excluding carboxylic acids is 1. The highest BCUT2D eigenvalue weighted by atomic mass is 32.1. The van der Waals surface area contributed by atoms with E-state index >= 15 is 0 Å². The van der Waals surface area contributed by atoms with Gasteiger partial charge in [0, 0.05) is 22.5 Å². The smallest absolute Gasteiger partial charge is 0.348 e. The quantitative estimate of drug-likeness (QED) is 0.789. The van der Waals surface area contributed by atoms with Crippen LogP contribution in [0, 0.1) is 0 Å². The van der Waals surface area contributed by atoms with Crippen LogP contribution in [0.2, 0.25) is 0 Å². The van der Waals surface area contributed by atoms with Crippen molar-refractivity contribution in [3.8, 4) is 11.4 Å². The Bertz CT molecular complexity index is 740. The van der Waals surface area contributed by atoms with Crippen LogP contribution < -0.4 is 11.1 Å². The summed E-state index contributed by atoms with van der Waals surface area (Å²) < 4.78 is 4.81. The van der Waals surface area contributed by atoms with E-state index in [-0.39, 0.29) is 5.97 Å². The van der Waals surface area contributed by atoms with Crippen molar-refractivity contribution in [2.75, 3.05) is 12.4 Å². The lowest BCUT2D eigenvalue weighted by atomic mass is 9.92. The van der Waals surface area contributed by atoms with Crippen LogP contribution >= 0.6 is 11.3 Å². The molecule has 3 rings (SSSR count). The van der Waals surface area contributed by atoms with Gasteiger partial charge in [-0.15, -0.1) is 11.3 Å². The molecular formula is C17H23N5O2S. The van der Waals surface area contributed by atoms with Gasteiger partial charge in [-0.2, -0.15) is 4.98 Å². The molecule has 1 aliphatic carbocycles. The molecule has 3 N–H and O–H groups in total. The normalized spacial score (nSPS) is 20.3. The topological polar surface area (TPSA) is 103 Å². The van der Waals surface area contributed by atoms with Crippen LogP contribution in [0.4, 0.5) is 5.95 Å². The summed E-state index contributed by atoms with van der Waals surface area (Å²) in [6.45, 7) is 2.04. The molecule has 25 heavy (non-hydrogen) atoms. The molecule has 1 saturated carbocycles. The molecule has 0 aromatic carbocycles. The molecule has 7 nitrogen and oxygen atoms in total. The van der Waals surface area contributed by atoms with Crippen molar-refractivity contribution < 1.29 is 9.53 Å². The van der Waals surface area contributed by atoms with E-state index in [4.69, 9.17) is 10.5 Å². The molecular weight excluding hydrogens is 338 g/mol. The summed E-state index contributed by atoms with van der Waals surface area (Å²) >= 11 is 1.42. The average molecular weight is 361 g/mol. The van der Waals surface area contributed by atoms with Crippen LogP contribution in [0.15, 0.2) is 12.4 Å². The average Bonchev–Trinajstić information content (AvgIpc) is 3.08. The number of nitrogens with two attached hydrogens (primary N) is 1. The maximum Gasteiger partial charge on any atom is 0.348 e. The van der Waals surface area contributed by atoms with Crippen molar-refractivity contribution in [2.24, 2.45) is 5.73 Å². The molecule has 0 amide bonds. The molecule has 1 fully saturated rings. The van der Waals surface area contributed by atoms with E-state index in [0.29, 0.717) is 28.7 Å². The molecule has 1 aliphatic rings. The van der Waals surface area contributed by atoms with Gasteiger partial charge < -0.3 is 15.8 Å². The number of ether oxygens (including phenoxy) is 1. The number of methoxy groups -OCH3 is 1. The molecule has 2 heterocycles. The van der Waals surface area contributed by atoms with Crippen molar-refractivity contribution in [3.63, 3.8) is 0 Å². The number of nitrogens with one attached hydrogen (secondary N) is 1. The summed E-state index contributed by atoms with van der Waals surface area (Å²) in [5.41, 5.74) is 6.82. The Hall–Kier alpha value is -2.06. The molecule has 134 valence electrons. The molecule has 8 heteroatoms. The lowest BCUT2D eigenvalue weighted by Gasteiger charge is -2.26. The number of hydrogen-bond acceptors (Lipinski definition) is 8. The standard InChI is InChI=1S/C17H23N5O2S/c1-3-13-12(8-14(25-13)16(23)24-2)15-19-9-20-17(22-15)21-11-6-4-10(18)5-7-11/h8-11H,3-7,18H2,1-2H3,(H,19,20,21,22). The number of rotatable bonds is 5. The first-order chi connectivity index (χ1) is 12.1. The lowest BCUT2D eigenvalue weighted by Crippen LogP contribution is -2.33. The fourth-order valence-corrected chi connectivity index (χ4v) is 4.04. The summed E-state index contributed by atoms with van der Waals surface area (Å²) in [5, 5.41) is 3.38. The summed E-state index contributed by atoms with van der Waals surface area (Å²) in [4.78, 5) is 26.5. The Morgan fingerprint density at radius 3 is 2.80 bits per heavy atom. The molecule has 2 aromatic rings. The van der Waals surface area contributed by atoms with Crippen LogP contribution in [0.3, 0.4) is 0 Å². The first kappa shape index (κ1) is 17.8. The predicted molar refractivity (Wildman–Crippen MR) is 97.7 cm³/mol. The number of esters is 1. The SMILES string of the molecule is CCc1sc(C(=O)OC)cc1-c1ncnc(NC2CCC(N)CC2)n1. The first-order valence-corrected chi connectivity index (χ1v) is 9.35. The van der Waals surface area contributed by atoms with Gasteiger partial charge in [-0.25, -0.2) is 14.8 Å². The van der Waals surface area contributed by atoms with Crippen molar-refractivity contribution >= 4 is 23.3 Å². The minimum atomic E-state index is -0.336. The second kappa shape index (κ2) is 7.88. The zero-order valence-electron chi connectivity index (χ0n) is 14.5. The van der Waals surface area contributed by atoms with Crippen LogP contribution in [0.25, 0.3) is 11.4 Å². The second-order valence-corrected chi connectivity index (χ2v) is 7.32. The van der Waals surface area contributed by atoms with E-state index in [0.717, 1.165) is 42.5 Å². The third-order valence-corrected chi connectivity index (χ3v) is 5.69. The van der Waals surface area contributed by atoms with E-state index in [1.807, 2.05) is 6.92 Å². The highest BCUT2D eigenvalue weighted by molar-refractivity contribution is 7.14. The summed E-state index contributed by atoms with van der Waals surface area (Å²) in [5.74, 6) is 0.809. The predicted octanol–water partition coefficient (Wildman–Crippen LogP) is 2.63. The van der Waals surface area contributed by atoms with Gasteiger partial charge >= 0.3 is 5.97 Å². The van der Waals surface area contributed by atoms with Gasteiger partial charge in [0.05, 0.1) is 7.11 Å². The molecule has 0 atom stereocenters. The molecule has 0 saturated heterocycles. The summed E-state index contributed by atoms with van der Waals surface area (Å²) in [6, 6.07) is 2.45. The molecule has 0 unspecified atom stereocenters. The van der Waals surface area contributed by atoms with Crippen LogP contribution in [-0.4, -0.2) is 40.1 Å². The molecule has 0 aliphatic heterocycles. The highest BCUT2D eigenvalue weighted by Crippen LogP contribution is 2.31. The third kappa shape index (κ3) is 4.13. The van der Waals surface area contributed by atoms with Gasteiger partial charge in [-0.3, -0.25) is 0 Å². The fraction of sp³-hybridized carbons (Fsp3) is 0.529. The van der Waals surface area contributed by atoms with E-state index in [9.17, 15) is 4.79 Å². The van der Waals surface area contributed by atoms with Crippen LogP contribution in [0.1, 0.15) is 47.2 Å². The Morgan fingerprint density at radius 1 is 1.36 bits per heavy atom. The van der Waals surface area contributed by atoms with E-state index in [1.165, 1.54) is 24.8 Å². The van der Waals surface area contributed by atoms with Crippen molar-refractivity contribution in [3.05, 3.63) is 22.1 Å². The highest BCUT2D eigenvalue weighted by Gasteiger charge is 2.20. The fourth-order valence-electron chi connectivity index (χ4n) is 3.02. The Balaban J connectivity index is 1.81. The van der Waals surface area contributed by atoms with Crippen LogP contribution in [-0.2, 0) is 11.2 Å². The lowest BCUT2D eigenvalue weighted by molar-refractivity contribution is 0.0606. The number of anilines is 1. The molecule has 0 radical (unpaired) electrons. The van der Waals surface area contributed by atoms with Crippen molar-refractivity contribution in [1.82, 2.24) is 15.0 Å². The second-order valence-electron chi connectivity index (χ2n) is 6.18. The zero-order valence-corrected chi connectivity index (χ0v) is 15.3. The van der Waals surface area contributed by atoms with Gasteiger partial charge in [0.1, 0.15) is 11.2 Å². The zero-order chi connectivity index (χ0) is 17.8. The van der Waals surface area contributed by atoms with Gasteiger partial charge in [0.2, 0.25) is 5.95 Å². The Labute approximate surface area is 151 Å². The van der Waals surface area contributed by atoms with Gasteiger partial charge in [0.25, 0.3) is 0 Å². The number of aryl methyl sites for hydroxylation is 1. The van der Waals surface area contributed by atoms with Crippen molar-refractivity contribution in [1.29, 1.82) is 0 Å². The van der Waals surface area contributed by atoms with Gasteiger partial charge in [-0.1, -0.05) is 6.92 Å². The minimum absolute atomic E-state index is 0.307. The summed E-state index contributed by atoms with van der Waals surface area (Å²) in [6.07, 6.45) is 6.38. The Kier molecular flexibility index (Phi) is 5.60.